The van der Waals surface area contributed by atoms with Crippen molar-refractivity contribution < 1.29 is 13.9 Å². The summed E-state index contributed by atoms with van der Waals surface area (Å²) >= 11 is 0. The van der Waals surface area contributed by atoms with E-state index in [2.05, 4.69) is 10.5 Å². The molecule has 1 aromatic rings. The predicted octanol–water partition coefficient (Wildman–Crippen LogP) is 2.72. The number of rotatable bonds is 5. The van der Waals surface area contributed by atoms with Gasteiger partial charge in [0.15, 0.2) is 11.6 Å². The minimum absolute atomic E-state index is 0.150. The van der Waals surface area contributed by atoms with Crippen LogP contribution in [0.15, 0.2) is 23.3 Å². The number of hydrazone groups is 1. The highest BCUT2D eigenvalue weighted by Gasteiger charge is 2.07. The molecule has 0 aliphatic heterocycles. The number of nitrogens with one attached hydrogen (secondary N) is 1. The predicted molar refractivity (Wildman–Crippen MR) is 72.8 cm³/mol. The van der Waals surface area contributed by atoms with Crippen LogP contribution in [0.1, 0.15) is 32.8 Å². The van der Waals surface area contributed by atoms with Gasteiger partial charge in [-0.1, -0.05) is 13.8 Å². The first kappa shape index (κ1) is 15.1. The Morgan fingerprint density at radius 1 is 1.47 bits per heavy atom. The van der Waals surface area contributed by atoms with E-state index in [0.717, 1.165) is 0 Å². The Morgan fingerprint density at radius 2 is 2.16 bits per heavy atom. The molecule has 0 aromatic heterocycles. The maximum absolute atomic E-state index is 13.5. The number of amides is 1. The quantitative estimate of drug-likeness (QED) is 0.658. The summed E-state index contributed by atoms with van der Waals surface area (Å²) in [6.45, 7) is 5.61. The molecule has 0 aliphatic carbocycles. The Labute approximate surface area is 112 Å². The summed E-state index contributed by atoms with van der Waals surface area (Å²) in [7, 11) is 1.41. The van der Waals surface area contributed by atoms with Crippen LogP contribution in [0.2, 0.25) is 0 Å². The van der Waals surface area contributed by atoms with Gasteiger partial charge < -0.3 is 4.74 Å². The first-order chi connectivity index (χ1) is 8.93. The smallest absolute Gasteiger partial charge is 0.240 e. The van der Waals surface area contributed by atoms with Gasteiger partial charge in [-0.05, 0) is 31.0 Å². The number of halogens is 1. The summed E-state index contributed by atoms with van der Waals surface area (Å²) in [5.41, 5.74) is 3.60. The van der Waals surface area contributed by atoms with Gasteiger partial charge in [0.05, 0.1) is 12.8 Å². The van der Waals surface area contributed by atoms with Crippen molar-refractivity contribution in [2.45, 2.75) is 27.2 Å². The molecule has 1 rings (SSSR count). The number of ether oxygens (including phenoxy) is 1. The third-order valence-electron chi connectivity index (χ3n) is 2.51. The monoisotopic (exact) mass is 266 g/mol. The molecule has 104 valence electrons. The molecule has 0 atom stereocenters. The van der Waals surface area contributed by atoms with Crippen LogP contribution in [0.5, 0.6) is 5.75 Å². The molecular weight excluding hydrogens is 247 g/mol. The normalized spacial score (nSPS) is 11.6. The van der Waals surface area contributed by atoms with Crippen molar-refractivity contribution in [2.24, 2.45) is 11.0 Å². The van der Waals surface area contributed by atoms with Crippen molar-refractivity contribution in [2.75, 3.05) is 7.11 Å². The van der Waals surface area contributed by atoms with Crippen molar-refractivity contribution in [3.05, 3.63) is 29.6 Å². The number of nitrogens with zero attached hydrogens (tertiary/aromatic N) is 1. The van der Waals surface area contributed by atoms with Crippen molar-refractivity contribution in [1.29, 1.82) is 0 Å². The summed E-state index contributed by atoms with van der Waals surface area (Å²) < 4.78 is 18.4. The molecule has 1 N–H and O–H groups in total. The number of carbonyl (C=O) groups excluding carboxylic acids is 1. The van der Waals surface area contributed by atoms with Crippen LogP contribution in [0.25, 0.3) is 0 Å². The van der Waals surface area contributed by atoms with Gasteiger partial charge in [-0.3, -0.25) is 4.79 Å². The highest BCUT2D eigenvalue weighted by atomic mass is 19.1. The van der Waals surface area contributed by atoms with E-state index in [4.69, 9.17) is 4.74 Å². The van der Waals surface area contributed by atoms with E-state index >= 15 is 0 Å². The Bertz CT molecular complexity index is 484. The van der Waals surface area contributed by atoms with Gasteiger partial charge in [-0.15, -0.1) is 0 Å². The van der Waals surface area contributed by atoms with Crippen molar-refractivity contribution in [3.63, 3.8) is 0 Å². The summed E-state index contributed by atoms with van der Waals surface area (Å²) in [5, 5.41) is 3.95. The topological polar surface area (TPSA) is 50.7 Å². The van der Waals surface area contributed by atoms with E-state index in [9.17, 15) is 9.18 Å². The van der Waals surface area contributed by atoms with Gasteiger partial charge >= 0.3 is 0 Å². The zero-order valence-electron chi connectivity index (χ0n) is 11.7. The molecular formula is C14H19FN2O2. The number of carbonyl (C=O) groups is 1. The van der Waals surface area contributed by atoms with Gasteiger partial charge in [0.1, 0.15) is 0 Å². The second-order valence-corrected chi connectivity index (χ2v) is 4.68. The molecule has 5 heteroatoms. The number of benzene rings is 1. The van der Waals surface area contributed by atoms with E-state index in [1.54, 1.807) is 13.0 Å². The fraction of sp³-hybridized carbons (Fsp3) is 0.429. The molecule has 1 aromatic carbocycles. The molecule has 19 heavy (non-hydrogen) atoms. The van der Waals surface area contributed by atoms with E-state index < -0.39 is 5.82 Å². The van der Waals surface area contributed by atoms with Crippen LogP contribution >= 0.6 is 0 Å². The molecule has 0 bridgehead atoms. The minimum Gasteiger partial charge on any atom is -0.494 e. The van der Waals surface area contributed by atoms with Gasteiger partial charge in [0, 0.05) is 12.0 Å². The fourth-order valence-corrected chi connectivity index (χ4v) is 1.52. The lowest BCUT2D eigenvalue weighted by Gasteiger charge is -2.06. The molecule has 1 amide bonds. The molecule has 0 aliphatic rings. The lowest BCUT2D eigenvalue weighted by Crippen LogP contribution is -2.20. The zero-order valence-corrected chi connectivity index (χ0v) is 11.7. The molecule has 4 nitrogen and oxygen atoms in total. The first-order valence-electron chi connectivity index (χ1n) is 6.11. The number of hydrogen-bond donors (Lipinski definition) is 1. The second-order valence-electron chi connectivity index (χ2n) is 4.68. The van der Waals surface area contributed by atoms with Crippen molar-refractivity contribution in [1.82, 2.24) is 5.43 Å². The third-order valence-corrected chi connectivity index (χ3v) is 2.51. The van der Waals surface area contributed by atoms with Gasteiger partial charge in [0.25, 0.3) is 0 Å². The molecule has 0 heterocycles. The largest absolute Gasteiger partial charge is 0.494 e. The SMILES string of the molecule is COc1ccc(/C(C)=N\NC(=O)CC(C)C)cc1F. The lowest BCUT2D eigenvalue weighted by atomic mass is 10.1. The third kappa shape index (κ3) is 4.69. The standard InChI is InChI=1S/C14H19FN2O2/c1-9(2)7-14(18)17-16-10(3)11-5-6-13(19-4)12(15)8-11/h5-6,8-9H,7H2,1-4H3,(H,17,18)/b16-10-. The van der Waals surface area contributed by atoms with Crippen molar-refractivity contribution >= 4 is 11.6 Å². The van der Waals surface area contributed by atoms with Crippen LogP contribution in [-0.2, 0) is 4.79 Å². The van der Waals surface area contributed by atoms with E-state index in [1.807, 2.05) is 13.8 Å². The van der Waals surface area contributed by atoms with Crippen LogP contribution in [0.3, 0.4) is 0 Å². The zero-order chi connectivity index (χ0) is 14.4. The maximum atomic E-state index is 13.5. The average molecular weight is 266 g/mol. The van der Waals surface area contributed by atoms with Crippen LogP contribution in [0.4, 0.5) is 4.39 Å². The van der Waals surface area contributed by atoms with E-state index in [-0.39, 0.29) is 17.6 Å². The number of methoxy groups -OCH3 is 1. The maximum Gasteiger partial charge on any atom is 0.240 e. The summed E-state index contributed by atoms with van der Waals surface area (Å²) in [5.74, 6) is -0.152. The Kier molecular flexibility index (Phi) is 5.48. The van der Waals surface area contributed by atoms with Gasteiger partial charge in [0.2, 0.25) is 5.91 Å². The summed E-state index contributed by atoms with van der Waals surface area (Å²) in [4.78, 5) is 11.4. The number of hydrogen-bond acceptors (Lipinski definition) is 3. The Balaban J connectivity index is 2.74. The average Bonchev–Trinajstić information content (AvgIpc) is 2.35. The molecule has 0 fully saturated rings. The first-order valence-corrected chi connectivity index (χ1v) is 6.11. The van der Waals surface area contributed by atoms with E-state index in [0.29, 0.717) is 17.7 Å². The highest BCUT2D eigenvalue weighted by molar-refractivity contribution is 5.99. The molecule has 0 unspecified atom stereocenters. The highest BCUT2D eigenvalue weighted by Crippen LogP contribution is 2.18. The van der Waals surface area contributed by atoms with Crippen molar-refractivity contribution in [3.8, 4) is 5.75 Å². The molecule has 0 saturated carbocycles. The summed E-state index contributed by atoms with van der Waals surface area (Å²) in [6.07, 6.45) is 0.410. The van der Waals surface area contributed by atoms with Crippen LogP contribution in [0, 0.1) is 11.7 Å². The Morgan fingerprint density at radius 3 is 2.68 bits per heavy atom. The van der Waals surface area contributed by atoms with Crippen LogP contribution < -0.4 is 10.2 Å². The van der Waals surface area contributed by atoms with Crippen LogP contribution in [-0.4, -0.2) is 18.7 Å². The molecule has 0 saturated heterocycles. The van der Waals surface area contributed by atoms with Gasteiger partial charge in [-0.25, -0.2) is 9.82 Å². The molecule has 0 spiro atoms. The summed E-state index contributed by atoms with van der Waals surface area (Å²) in [6, 6.07) is 4.54. The lowest BCUT2D eigenvalue weighted by molar-refractivity contribution is -0.121. The Hall–Kier alpha value is -1.91. The van der Waals surface area contributed by atoms with E-state index in [1.165, 1.54) is 19.2 Å². The van der Waals surface area contributed by atoms with Gasteiger partial charge in [-0.2, -0.15) is 5.10 Å². The minimum atomic E-state index is -0.456. The molecule has 0 radical (unpaired) electrons. The second kappa shape index (κ2) is 6.87. The fourth-order valence-electron chi connectivity index (χ4n) is 1.52.